The van der Waals surface area contributed by atoms with Crippen molar-refractivity contribution in [2.75, 3.05) is 0 Å². The Morgan fingerprint density at radius 2 is 1.59 bits per heavy atom. The standard InChI is InChI=1S/C7H11ClN3O6P.2Na.7H2O/c1-5-9-4-7(11(12)13)10(5)3-2-6(8)17-18(14,15)16;;;;;;;;;/h4,6H,2-3H2,1H3,(H2,14,15,16);;;7*1H2/q;2*+1;;;;;;;/p-2. The van der Waals surface area contributed by atoms with E-state index in [0.717, 1.165) is 6.20 Å². The summed E-state index contributed by atoms with van der Waals surface area (Å²) in [5.41, 5.74) is -1.37. The summed E-state index contributed by atoms with van der Waals surface area (Å²) in [5, 5.41) is 10.6. The zero-order valence-electron chi connectivity index (χ0n) is 14.7. The van der Waals surface area contributed by atoms with Crippen molar-refractivity contribution in [3.8, 4) is 0 Å². The molecule has 0 saturated carbocycles. The van der Waals surface area contributed by atoms with Crippen LogP contribution < -0.4 is 68.9 Å². The van der Waals surface area contributed by atoms with Gasteiger partial charge in [-0.2, -0.15) is 0 Å². The predicted octanol–water partition coefficient (Wildman–Crippen LogP) is -11.9. The molecule has 16 nitrogen and oxygen atoms in total. The van der Waals surface area contributed by atoms with Crippen molar-refractivity contribution in [1.82, 2.24) is 9.55 Å². The van der Waals surface area contributed by atoms with Gasteiger partial charge in [0.15, 0.2) is 5.82 Å². The van der Waals surface area contributed by atoms with Gasteiger partial charge in [-0.15, -0.1) is 0 Å². The third-order valence-electron chi connectivity index (χ3n) is 2.04. The Morgan fingerprint density at radius 1 is 1.19 bits per heavy atom. The quantitative estimate of drug-likeness (QED) is 0.127. The van der Waals surface area contributed by atoms with Crippen LogP contribution in [0.3, 0.4) is 0 Å². The number of hydrogen-bond acceptors (Lipinski definition) is 7. The minimum absolute atomic E-state index is 0. The van der Waals surface area contributed by atoms with Crippen molar-refractivity contribution < 1.29 is 121 Å². The first kappa shape index (κ1) is 56.5. The van der Waals surface area contributed by atoms with Crippen LogP contribution in [-0.2, 0) is 15.6 Å². The number of phosphoric acid groups is 1. The molecule has 0 aromatic carbocycles. The molecule has 1 rings (SSSR count). The Morgan fingerprint density at radius 3 is 1.93 bits per heavy atom. The molecule has 1 atom stereocenters. The van der Waals surface area contributed by atoms with Crippen molar-refractivity contribution >= 4 is 25.2 Å². The molecule has 0 saturated heterocycles. The SMILES string of the molecule is Cc1ncc([N+](=O)[O-])n1CCC(Cl)OP(=O)([O-])[O-].O.O.O.O.O.O.O.[Na+].[Na+]. The van der Waals surface area contributed by atoms with E-state index in [1.165, 1.54) is 4.57 Å². The van der Waals surface area contributed by atoms with E-state index in [9.17, 15) is 24.5 Å². The Hall–Kier alpha value is 0.730. The topological polar surface area (TPSA) is 354 Å². The molecular weight excluding hydrogens is 446 g/mol. The van der Waals surface area contributed by atoms with Crippen molar-refractivity contribution in [2.45, 2.75) is 25.5 Å². The molecule has 0 radical (unpaired) electrons. The second-order valence-corrected chi connectivity index (χ2v) is 4.92. The van der Waals surface area contributed by atoms with Gasteiger partial charge in [0, 0.05) is 13.3 Å². The third-order valence-corrected chi connectivity index (χ3v) is 2.99. The second kappa shape index (κ2) is 24.8. The van der Waals surface area contributed by atoms with Crippen LogP contribution in [0.5, 0.6) is 0 Å². The zero-order valence-corrected chi connectivity index (χ0v) is 20.3. The largest absolute Gasteiger partial charge is 1.00 e. The zero-order chi connectivity index (χ0) is 13.9. The molecule has 1 aromatic heterocycles. The first-order valence-corrected chi connectivity index (χ1v) is 6.61. The van der Waals surface area contributed by atoms with E-state index in [4.69, 9.17) is 11.6 Å². The number of alkyl halides is 1. The van der Waals surface area contributed by atoms with Gasteiger partial charge >= 0.3 is 64.9 Å². The Labute approximate surface area is 202 Å². The van der Waals surface area contributed by atoms with Crippen LogP contribution >= 0.6 is 19.4 Å². The number of rotatable bonds is 6. The molecule has 158 valence electrons. The van der Waals surface area contributed by atoms with E-state index in [1.54, 1.807) is 6.92 Å². The van der Waals surface area contributed by atoms with Gasteiger partial charge < -0.3 is 67.3 Å². The van der Waals surface area contributed by atoms with Gasteiger partial charge in [0.2, 0.25) is 0 Å². The van der Waals surface area contributed by atoms with Crippen molar-refractivity contribution in [2.24, 2.45) is 0 Å². The van der Waals surface area contributed by atoms with E-state index in [-0.39, 0.29) is 116 Å². The minimum atomic E-state index is -5.16. The molecule has 0 bridgehead atoms. The van der Waals surface area contributed by atoms with Gasteiger partial charge in [-0.25, -0.2) is 9.55 Å². The van der Waals surface area contributed by atoms with Gasteiger partial charge in [-0.1, -0.05) is 11.6 Å². The minimum Gasteiger partial charge on any atom is -0.790 e. The molecule has 0 spiro atoms. The first-order valence-electron chi connectivity index (χ1n) is 4.72. The monoisotopic (exact) mass is 469 g/mol. The molecule has 20 heteroatoms. The molecule has 0 aliphatic heterocycles. The summed E-state index contributed by atoms with van der Waals surface area (Å²) in [7, 11) is -5.16. The fourth-order valence-corrected chi connectivity index (χ4v) is 2.08. The molecular formula is C7H23ClN3Na2O13P. The summed E-state index contributed by atoms with van der Waals surface area (Å²) >= 11 is 5.47. The van der Waals surface area contributed by atoms with Gasteiger partial charge in [-0.3, -0.25) is 0 Å². The van der Waals surface area contributed by atoms with Gasteiger partial charge in [0.05, 0.1) is 14.4 Å². The van der Waals surface area contributed by atoms with Crippen LogP contribution in [0.25, 0.3) is 0 Å². The van der Waals surface area contributed by atoms with Crippen LogP contribution in [0.1, 0.15) is 12.2 Å². The van der Waals surface area contributed by atoms with E-state index in [0.29, 0.717) is 5.82 Å². The maximum absolute atomic E-state index is 10.6. The summed E-state index contributed by atoms with van der Waals surface area (Å²) in [6.45, 7) is 1.56. The van der Waals surface area contributed by atoms with Gasteiger partial charge in [0.1, 0.15) is 11.8 Å². The number of aryl methyl sites for hydroxylation is 1. The van der Waals surface area contributed by atoms with Gasteiger partial charge in [-0.05, 0) is 4.92 Å². The fraction of sp³-hybridized carbons (Fsp3) is 0.571. The molecule has 1 unspecified atom stereocenters. The maximum atomic E-state index is 10.6. The molecule has 0 aliphatic carbocycles. The van der Waals surface area contributed by atoms with E-state index >= 15 is 0 Å². The van der Waals surface area contributed by atoms with Gasteiger partial charge in [0.25, 0.3) is 0 Å². The number of phosphoric ester groups is 1. The van der Waals surface area contributed by atoms with E-state index in [2.05, 4.69) is 9.51 Å². The Balaban J connectivity index is -0.0000000514. The number of nitro groups is 1. The number of halogens is 1. The summed E-state index contributed by atoms with van der Waals surface area (Å²) in [4.78, 5) is 34.3. The number of aromatic nitrogens is 2. The average Bonchev–Trinajstić information content (AvgIpc) is 2.54. The Bertz CT molecular complexity index is 504. The van der Waals surface area contributed by atoms with Crippen molar-refractivity contribution in [3.63, 3.8) is 0 Å². The molecule has 14 N–H and O–H groups in total. The second-order valence-electron chi connectivity index (χ2n) is 3.32. The van der Waals surface area contributed by atoms with Crippen molar-refractivity contribution in [1.29, 1.82) is 0 Å². The number of nitrogens with zero attached hydrogens (tertiary/aromatic N) is 3. The summed E-state index contributed by atoms with van der Waals surface area (Å²) in [6, 6.07) is 0. The molecule has 0 aliphatic rings. The first-order chi connectivity index (χ1) is 8.20. The fourth-order valence-electron chi connectivity index (χ4n) is 1.30. The van der Waals surface area contributed by atoms with Crippen LogP contribution in [0.4, 0.5) is 5.82 Å². The van der Waals surface area contributed by atoms with Crippen LogP contribution in [-0.4, -0.2) is 58.4 Å². The van der Waals surface area contributed by atoms with Crippen LogP contribution in [0.2, 0.25) is 0 Å². The number of imidazole rings is 1. The number of hydrogen-bond donors (Lipinski definition) is 0. The average molecular weight is 470 g/mol. The molecule has 1 aromatic rings. The molecule has 0 fully saturated rings. The van der Waals surface area contributed by atoms with Crippen LogP contribution in [0, 0.1) is 17.0 Å². The van der Waals surface area contributed by atoms with E-state index < -0.39 is 18.3 Å². The smallest absolute Gasteiger partial charge is 0.790 e. The van der Waals surface area contributed by atoms with Crippen LogP contribution in [0.15, 0.2) is 6.20 Å². The maximum Gasteiger partial charge on any atom is 1.00 e. The predicted molar refractivity (Wildman–Crippen MR) is 81.9 cm³/mol. The summed E-state index contributed by atoms with van der Waals surface area (Å²) in [6.07, 6.45) is 0.986. The summed E-state index contributed by atoms with van der Waals surface area (Å²) in [5.74, 6) is 0.127. The summed E-state index contributed by atoms with van der Waals surface area (Å²) < 4.78 is 15.5. The third kappa shape index (κ3) is 21.3. The van der Waals surface area contributed by atoms with Crippen molar-refractivity contribution in [3.05, 3.63) is 22.1 Å². The molecule has 0 amide bonds. The van der Waals surface area contributed by atoms with E-state index in [1.807, 2.05) is 0 Å². The molecule has 27 heavy (non-hydrogen) atoms. The molecule has 1 heterocycles. The Kier molecular flexibility index (Phi) is 51.8. The normalized spacial score (nSPS) is 9.04.